The number of anilines is 1. The zero-order valence-corrected chi connectivity index (χ0v) is 8.50. The lowest BCUT2D eigenvalue weighted by atomic mass is 10.2. The molecule has 0 fully saturated rings. The lowest BCUT2D eigenvalue weighted by molar-refractivity contribution is 0.271. The molecule has 0 saturated heterocycles. The first-order chi connectivity index (χ1) is 6.22. The molecule has 1 rings (SSSR count). The Morgan fingerprint density at radius 3 is 2.31 bits per heavy atom. The van der Waals surface area contributed by atoms with E-state index in [2.05, 4.69) is 19.2 Å². The third-order valence-electron chi connectivity index (χ3n) is 1.73. The lowest BCUT2D eigenvalue weighted by Gasteiger charge is -2.08. The van der Waals surface area contributed by atoms with Crippen LogP contribution in [0.5, 0.6) is 5.75 Å². The highest BCUT2D eigenvalue weighted by molar-refractivity contribution is 5.45. The summed E-state index contributed by atoms with van der Waals surface area (Å²) >= 11 is 0. The van der Waals surface area contributed by atoms with Gasteiger partial charge in [0.05, 0.1) is 6.61 Å². The fraction of sp³-hybridized carbons (Fsp3) is 0.455. The van der Waals surface area contributed by atoms with Gasteiger partial charge in [-0.05, 0) is 30.2 Å². The van der Waals surface area contributed by atoms with Gasteiger partial charge in [0.2, 0.25) is 0 Å². The van der Waals surface area contributed by atoms with E-state index in [4.69, 9.17) is 4.74 Å². The van der Waals surface area contributed by atoms with Crippen LogP contribution in [0.1, 0.15) is 13.8 Å². The molecule has 0 radical (unpaired) electrons. The molecule has 0 aliphatic heterocycles. The van der Waals surface area contributed by atoms with Crippen LogP contribution in [-0.2, 0) is 0 Å². The van der Waals surface area contributed by atoms with E-state index in [-0.39, 0.29) is 0 Å². The second kappa shape index (κ2) is 4.75. The first-order valence-electron chi connectivity index (χ1n) is 4.63. The van der Waals surface area contributed by atoms with Gasteiger partial charge in [0.1, 0.15) is 5.75 Å². The number of rotatable bonds is 4. The van der Waals surface area contributed by atoms with Crippen LogP contribution in [0.4, 0.5) is 5.69 Å². The van der Waals surface area contributed by atoms with E-state index < -0.39 is 0 Å². The van der Waals surface area contributed by atoms with Crippen molar-refractivity contribution in [1.82, 2.24) is 0 Å². The van der Waals surface area contributed by atoms with Crippen LogP contribution in [0.15, 0.2) is 24.3 Å². The van der Waals surface area contributed by atoms with Crippen LogP contribution in [0.3, 0.4) is 0 Å². The third kappa shape index (κ3) is 3.36. The van der Waals surface area contributed by atoms with Gasteiger partial charge in [0.25, 0.3) is 0 Å². The van der Waals surface area contributed by atoms with Crippen molar-refractivity contribution in [2.24, 2.45) is 5.92 Å². The van der Waals surface area contributed by atoms with E-state index in [0.29, 0.717) is 5.92 Å². The van der Waals surface area contributed by atoms with Crippen molar-refractivity contribution in [2.45, 2.75) is 13.8 Å². The fourth-order valence-corrected chi connectivity index (χ4v) is 0.981. The zero-order chi connectivity index (χ0) is 9.68. The monoisotopic (exact) mass is 179 g/mol. The molecule has 0 unspecified atom stereocenters. The second-order valence-corrected chi connectivity index (χ2v) is 3.48. The molecule has 0 heterocycles. The first-order valence-corrected chi connectivity index (χ1v) is 4.63. The molecule has 0 aliphatic rings. The molecule has 1 N–H and O–H groups in total. The van der Waals surface area contributed by atoms with Crippen LogP contribution < -0.4 is 10.1 Å². The van der Waals surface area contributed by atoms with Crippen molar-refractivity contribution in [3.63, 3.8) is 0 Å². The van der Waals surface area contributed by atoms with E-state index in [9.17, 15) is 0 Å². The van der Waals surface area contributed by atoms with Crippen molar-refractivity contribution < 1.29 is 4.74 Å². The van der Waals surface area contributed by atoms with Crippen molar-refractivity contribution in [3.05, 3.63) is 24.3 Å². The Bertz CT molecular complexity index is 241. The third-order valence-corrected chi connectivity index (χ3v) is 1.73. The minimum Gasteiger partial charge on any atom is -0.493 e. The molecule has 72 valence electrons. The van der Waals surface area contributed by atoms with Crippen molar-refractivity contribution in [2.75, 3.05) is 19.0 Å². The summed E-state index contributed by atoms with van der Waals surface area (Å²) in [5.41, 5.74) is 1.11. The number of ether oxygens (including phenoxy) is 1. The van der Waals surface area contributed by atoms with E-state index in [1.807, 2.05) is 31.3 Å². The van der Waals surface area contributed by atoms with Gasteiger partial charge >= 0.3 is 0 Å². The van der Waals surface area contributed by atoms with Gasteiger partial charge in [-0.3, -0.25) is 0 Å². The van der Waals surface area contributed by atoms with Crippen LogP contribution in [0.2, 0.25) is 0 Å². The van der Waals surface area contributed by atoms with Gasteiger partial charge in [-0.2, -0.15) is 0 Å². The molecule has 0 aromatic heterocycles. The molecule has 13 heavy (non-hydrogen) atoms. The van der Waals surface area contributed by atoms with Crippen LogP contribution in [0, 0.1) is 5.92 Å². The molecule has 0 atom stereocenters. The smallest absolute Gasteiger partial charge is 0.119 e. The van der Waals surface area contributed by atoms with E-state index in [1.165, 1.54) is 0 Å². The first kappa shape index (κ1) is 9.90. The molecular formula is C11H17NO. The number of nitrogens with one attached hydrogen (secondary N) is 1. The van der Waals surface area contributed by atoms with Crippen LogP contribution in [0.25, 0.3) is 0 Å². The molecule has 1 aromatic carbocycles. The van der Waals surface area contributed by atoms with Gasteiger partial charge in [0, 0.05) is 12.7 Å². The highest BCUT2D eigenvalue weighted by atomic mass is 16.5. The summed E-state index contributed by atoms with van der Waals surface area (Å²) in [5.74, 6) is 1.51. The average molecular weight is 179 g/mol. The molecule has 2 nitrogen and oxygen atoms in total. The zero-order valence-electron chi connectivity index (χ0n) is 8.50. The molecule has 2 heteroatoms. The van der Waals surface area contributed by atoms with Crippen LogP contribution >= 0.6 is 0 Å². The Morgan fingerprint density at radius 1 is 1.23 bits per heavy atom. The Balaban J connectivity index is 2.49. The molecule has 0 aliphatic carbocycles. The van der Waals surface area contributed by atoms with Crippen LogP contribution in [-0.4, -0.2) is 13.7 Å². The summed E-state index contributed by atoms with van der Waals surface area (Å²) in [6.07, 6.45) is 0. The predicted octanol–water partition coefficient (Wildman–Crippen LogP) is 2.76. The van der Waals surface area contributed by atoms with Gasteiger partial charge < -0.3 is 10.1 Å². The van der Waals surface area contributed by atoms with Crippen molar-refractivity contribution in [3.8, 4) is 5.75 Å². The maximum absolute atomic E-state index is 5.54. The Morgan fingerprint density at radius 2 is 1.85 bits per heavy atom. The lowest BCUT2D eigenvalue weighted by Crippen LogP contribution is -2.04. The summed E-state index contributed by atoms with van der Waals surface area (Å²) in [6, 6.07) is 7.98. The molecule has 0 spiro atoms. The summed E-state index contributed by atoms with van der Waals surface area (Å²) in [6.45, 7) is 5.06. The van der Waals surface area contributed by atoms with Crippen molar-refractivity contribution >= 4 is 5.69 Å². The normalized spacial score (nSPS) is 10.2. The van der Waals surface area contributed by atoms with Gasteiger partial charge in [-0.25, -0.2) is 0 Å². The van der Waals surface area contributed by atoms with Gasteiger partial charge in [-0.1, -0.05) is 13.8 Å². The molecule has 0 saturated carbocycles. The fourth-order valence-electron chi connectivity index (χ4n) is 0.981. The minimum absolute atomic E-state index is 0.573. The maximum atomic E-state index is 5.54. The summed E-state index contributed by atoms with van der Waals surface area (Å²) in [7, 11) is 1.91. The Hall–Kier alpha value is -1.18. The maximum Gasteiger partial charge on any atom is 0.119 e. The minimum atomic E-state index is 0.573. The standard InChI is InChI=1S/C11H17NO/c1-9(2)8-13-11-6-4-10(12-3)5-7-11/h4-7,9,12H,8H2,1-3H3. The number of hydrogen-bond acceptors (Lipinski definition) is 2. The SMILES string of the molecule is CNc1ccc(OCC(C)C)cc1. The second-order valence-electron chi connectivity index (χ2n) is 3.48. The number of benzene rings is 1. The largest absolute Gasteiger partial charge is 0.493 e. The Kier molecular flexibility index (Phi) is 3.62. The van der Waals surface area contributed by atoms with Crippen molar-refractivity contribution in [1.29, 1.82) is 0 Å². The highest BCUT2D eigenvalue weighted by Gasteiger charge is 1.96. The summed E-state index contributed by atoms with van der Waals surface area (Å²) in [4.78, 5) is 0. The Labute approximate surface area is 79.9 Å². The molecular weight excluding hydrogens is 162 g/mol. The number of hydrogen-bond donors (Lipinski definition) is 1. The predicted molar refractivity (Wildman–Crippen MR) is 56.3 cm³/mol. The summed E-state index contributed by atoms with van der Waals surface area (Å²) in [5, 5.41) is 3.06. The van der Waals surface area contributed by atoms with E-state index >= 15 is 0 Å². The molecule has 1 aromatic rings. The summed E-state index contributed by atoms with van der Waals surface area (Å²) < 4.78 is 5.54. The quantitative estimate of drug-likeness (QED) is 0.767. The average Bonchev–Trinajstić information content (AvgIpc) is 2.15. The molecule has 0 bridgehead atoms. The van der Waals surface area contributed by atoms with E-state index in [1.54, 1.807) is 0 Å². The highest BCUT2D eigenvalue weighted by Crippen LogP contribution is 2.15. The van der Waals surface area contributed by atoms with E-state index in [0.717, 1.165) is 18.0 Å². The molecule has 0 amide bonds. The topological polar surface area (TPSA) is 21.3 Å². The van der Waals surface area contributed by atoms with Gasteiger partial charge in [-0.15, -0.1) is 0 Å². The van der Waals surface area contributed by atoms with Gasteiger partial charge in [0.15, 0.2) is 0 Å².